The number of fused-ring (bicyclic) bond motifs is 1. The number of rotatable bonds is 9. The van der Waals surface area contributed by atoms with Crippen LogP contribution in [0.25, 0.3) is 17.1 Å². The second-order valence-corrected chi connectivity index (χ2v) is 7.28. The molecule has 0 bridgehead atoms. The Labute approximate surface area is 167 Å². The Morgan fingerprint density at radius 3 is 2.68 bits per heavy atom. The summed E-state index contributed by atoms with van der Waals surface area (Å²) < 4.78 is 2.35. The molecule has 0 aliphatic rings. The summed E-state index contributed by atoms with van der Waals surface area (Å²) in [6.07, 6.45) is 6.30. The van der Waals surface area contributed by atoms with Gasteiger partial charge in [0, 0.05) is 25.6 Å². The van der Waals surface area contributed by atoms with Gasteiger partial charge in [-0.2, -0.15) is 0 Å². The standard InChI is InChI=1S/C24H29N3O/c1-3-19(2)18-27-22-13-8-7-12-21(22)26-23(27)14-9-17-25-24(28)16-15-20-10-5-4-6-11-20/h4-8,10-13,15-16,19H,3,9,14,17-18H2,1-2H3,(H,25,28)/b16-15-. The van der Waals surface area contributed by atoms with Crippen LogP contribution in [0.15, 0.2) is 60.7 Å². The third kappa shape index (κ3) is 5.32. The van der Waals surface area contributed by atoms with Crippen LogP contribution < -0.4 is 5.32 Å². The zero-order valence-electron chi connectivity index (χ0n) is 16.8. The van der Waals surface area contributed by atoms with Crippen molar-refractivity contribution in [3.63, 3.8) is 0 Å². The number of nitrogens with one attached hydrogen (secondary N) is 1. The number of hydrogen-bond donors (Lipinski definition) is 1. The predicted octanol–water partition coefficient (Wildman–Crippen LogP) is 4.84. The molecule has 0 radical (unpaired) electrons. The minimum Gasteiger partial charge on any atom is -0.353 e. The van der Waals surface area contributed by atoms with Gasteiger partial charge in [-0.1, -0.05) is 62.7 Å². The number of carbonyl (C=O) groups is 1. The topological polar surface area (TPSA) is 46.9 Å². The number of benzene rings is 2. The first-order valence-electron chi connectivity index (χ1n) is 10.1. The highest BCUT2D eigenvalue weighted by Crippen LogP contribution is 2.19. The summed E-state index contributed by atoms with van der Waals surface area (Å²) in [6, 6.07) is 18.2. The molecule has 1 amide bonds. The molecule has 1 heterocycles. The number of aryl methyl sites for hydroxylation is 1. The molecule has 1 atom stereocenters. The van der Waals surface area contributed by atoms with Gasteiger partial charge >= 0.3 is 0 Å². The van der Waals surface area contributed by atoms with E-state index in [9.17, 15) is 4.79 Å². The molecular weight excluding hydrogens is 346 g/mol. The quantitative estimate of drug-likeness (QED) is 0.429. The van der Waals surface area contributed by atoms with Gasteiger partial charge in [0.1, 0.15) is 5.82 Å². The van der Waals surface area contributed by atoms with Crippen LogP contribution in [0.3, 0.4) is 0 Å². The fourth-order valence-electron chi connectivity index (χ4n) is 3.21. The number of aromatic nitrogens is 2. The van der Waals surface area contributed by atoms with E-state index in [1.165, 1.54) is 5.52 Å². The van der Waals surface area contributed by atoms with Crippen molar-refractivity contribution in [2.24, 2.45) is 5.92 Å². The molecule has 28 heavy (non-hydrogen) atoms. The molecule has 0 saturated carbocycles. The average molecular weight is 376 g/mol. The molecule has 2 aromatic carbocycles. The Balaban J connectivity index is 1.55. The second kappa shape index (κ2) is 9.88. The lowest BCUT2D eigenvalue weighted by Gasteiger charge is -2.14. The number of imidazole rings is 1. The van der Waals surface area contributed by atoms with E-state index in [-0.39, 0.29) is 5.91 Å². The van der Waals surface area contributed by atoms with E-state index < -0.39 is 0 Å². The summed E-state index contributed by atoms with van der Waals surface area (Å²) >= 11 is 0. The molecule has 1 N–H and O–H groups in total. The Morgan fingerprint density at radius 1 is 1.14 bits per heavy atom. The Hall–Kier alpha value is -2.88. The molecule has 1 aromatic heterocycles. The van der Waals surface area contributed by atoms with Crippen LogP contribution in [-0.2, 0) is 17.8 Å². The lowest BCUT2D eigenvalue weighted by molar-refractivity contribution is -0.116. The summed E-state index contributed by atoms with van der Waals surface area (Å²) in [5.41, 5.74) is 3.28. The molecule has 0 spiro atoms. The van der Waals surface area contributed by atoms with Crippen LogP contribution in [0.2, 0.25) is 0 Å². The van der Waals surface area contributed by atoms with E-state index >= 15 is 0 Å². The third-order valence-corrected chi connectivity index (χ3v) is 5.03. The summed E-state index contributed by atoms with van der Waals surface area (Å²) in [5.74, 6) is 1.66. The Morgan fingerprint density at radius 2 is 1.89 bits per heavy atom. The average Bonchev–Trinajstić information content (AvgIpc) is 3.07. The number of hydrogen-bond acceptors (Lipinski definition) is 2. The zero-order chi connectivity index (χ0) is 19.8. The van der Waals surface area contributed by atoms with Crippen molar-refractivity contribution in [3.8, 4) is 0 Å². The lowest BCUT2D eigenvalue weighted by Crippen LogP contribution is -2.23. The first kappa shape index (κ1) is 19.9. The van der Waals surface area contributed by atoms with E-state index in [0.717, 1.165) is 42.7 Å². The van der Waals surface area contributed by atoms with Crippen molar-refractivity contribution in [3.05, 3.63) is 72.1 Å². The molecule has 3 rings (SSSR count). The highest BCUT2D eigenvalue weighted by atomic mass is 16.1. The van der Waals surface area contributed by atoms with Crippen molar-refractivity contribution >= 4 is 23.0 Å². The van der Waals surface area contributed by atoms with E-state index in [2.05, 4.69) is 41.9 Å². The van der Waals surface area contributed by atoms with Gasteiger partial charge in [0.05, 0.1) is 11.0 Å². The van der Waals surface area contributed by atoms with Crippen LogP contribution in [0.1, 0.15) is 38.1 Å². The number of nitrogens with zero attached hydrogens (tertiary/aromatic N) is 2. The SMILES string of the molecule is CCC(C)Cn1c(CCCNC(=O)/C=C\c2ccccc2)nc2ccccc21. The molecule has 4 heteroatoms. The van der Waals surface area contributed by atoms with Crippen molar-refractivity contribution in [1.82, 2.24) is 14.9 Å². The normalized spacial score (nSPS) is 12.5. The molecule has 0 aliphatic heterocycles. The number of carbonyl (C=O) groups excluding carboxylic acids is 1. The van der Waals surface area contributed by atoms with Crippen LogP contribution in [-0.4, -0.2) is 22.0 Å². The van der Waals surface area contributed by atoms with Crippen molar-refractivity contribution in [1.29, 1.82) is 0 Å². The van der Waals surface area contributed by atoms with E-state index in [1.54, 1.807) is 6.08 Å². The van der Waals surface area contributed by atoms with Gasteiger partial charge in [-0.15, -0.1) is 0 Å². The molecular formula is C24H29N3O. The third-order valence-electron chi connectivity index (χ3n) is 5.03. The maximum atomic E-state index is 12.0. The fraction of sp³-hybridized carbons (Fsp3) is 0.333. The summed E-state index contributed by atoms with van der Waals surface area (Å²) in [6.45, 7) is 6.13. The van der Waals surface area contributed by atoms with E-state index in [1.807, 2.05) is 42.5 Å². The smallest absolute Gasteiger partial charge is 0.243 e. The minimum atomic E-state index is -0.0584. The highest BCUT2D eigenvalue weighted by Gasteiger charge is 2.12. The minimum absolute atomic E-state index is 0.0584. The van der Waals surface area contributed by atoms with Crippen molar-refractivity contribution < 1.29 is 4.79 Å². The Bertz CT molecular complexity index is 927. The molecule has 3 aromatic rings. The maximum Gasteiger partial charge on any atom is 0.243 e. The molecule has 0 saturated heterocycles. The number of amides is 1. The van der Waals surface area contributed by atoms with Gasteiger partial charge in [-0.3, -0.25) is 4.79 Å². The Kier molecular flexibility index (Phi) is 7.01. The van der Waals surface area contributed by atoms with Gasteiger partial charge in [-0.25, -0.2) is 4.98 Å². The first-order valence-corrected chi connectivity index (χ1v) is 10.1. The van der Waals surface area contributed by atoms with Gasteiger partial charge in [0.25, 0.3) is 0 Å². The largest absolute Gasteiger partial charge is 0.353 e. The lowest BCUT2D eigenvalue weighted by atomic mass is 10.1. The molecule has 0 aliphatic carbocycles. The van der Waals surface area contributed by atoms with E-state index in [4.69, 9.17) is 4.98 Å². The highest BCUT2D eigenvalue weighted by molar-refractivity contribution is 5.91. The molecule has 4 nitrogen and oxygen atoms in total. The monoisotopic (exact) mass is 375 g/mol. The van der Waals surface area contributed by atoms with Gasteiger partial charge in [0.2, 0.25) is 5.91 Å². The summed E-state index contributed by atoms with van der Waals surface area (Å²) in [7, 11) is 0. The molecule has 0 fully saturated rings. The van der Waals surface area contributed by atoms with Crippen molar-refractivity contribution in [2.45, 2.75) is 39.7 Å². The first-order chi connectivity index (χ1) is 13.7. The van der Waals surface area contributed by atoms with Gasteiger partial charge < -0.3 is 9.88 Å². The maximum absolute atomic E-state index is 12.0. The van der Waals surface area contributed by atoms with Crippen LogP contribution >= 0.6 is 0 Å². The predicted molar refractivity (Wildman–Crippen MR) is 116 cm³/mol. The van der Waals surface area contributed by atoms with Crippen LogP contribution in [0, 0.1) is 5.92 Å². The summed E-state index contributed by atoms with van der Waals surface area (Å²) in [5, 5.41) is 2.97. The van der Waals surface area contributed by atoms with Gasteiger partial charge in [-0.05, 0) is 36.1 Å². The number of para-hydroxylation sites is 2. The molecule has 1 unspecified atom stereocenters. The zero-order valence-corrected chi connectivity index (χ0v) is 16.8. The van der Waals surface area contributed by atoms with Gasteiger partial charge in [0.15, 0.2) is 0 Å². The fourth-order valence-corrected chi connectivity index (χ4v) is 3.21. The van der Waals surface area contributed by atoms with Crippen LogP contribution in [0.4, 0.5) is 0 Å². The van der Waals surface area contributed by atoms with Crippen LogP contribution in [0.5, 0.6) is 0 Å². The summed E-state index contributed by atoms with van der Waals surface area (Å²) in [4.78, 5) is 16.8. The second-order valence-electron chi connectivity index (χ2n) is 7.28. The molecule has 146 valence electrons. The van der Waals surface area contributed by atoms with Crippen molar-refractivity contribution in [2.75, 3.05) is 6.54 Å². The van der Waals surface area contributed by atoms with E-state index in [0.29, 0.717) is 12.5 Å².